The molecule has 0 saturated heterocycles. The van der Waals surface area contributed by atoms with Crippen LogP contribution < -0.4 is 21.7 Å². The third-order valence-electron chi connectivity index (χ3n) is 4.93. The Morgan fingerprint density at radius 3 is 2.13 bits per heavy atom. The summed E-state index contributed by atoms with van der Waals surface area (Å²) in [6.45, 7) is 7.16. The predicted molar refractivity (Wildman–Crippen MR) is 111 cm³/mol. The van der Waals surface area contributed by atoms with Gasteiger partial charge in [0.2, 0.25) is 17.7 Å². The minimum absolute atomic E-state index is 0.169. The maximum Gasteiger partial charge on any atom is 0.408 e. The highest BCUT2D eigenvalue weighted by atomic mass is 16.6. The lowest BCUT2D eigenvalue weighted by atomic mass is 9.81. The van der Waals surface area contributed by atoms with Crippen molar-refractivity contribution >= 4 is 29.8 Å². The fourth-order valence-electron chi connectivity index (χ4n) is 3.27. The SMILES string of the molecule is C[C@@H](NC(=O)OC(C)(C)C)C(=O)NCC1CCC(C(=O)N[C@@H](CC(N)=O)C(=O)O)CC1. The molecule has 0 spiro atoms. The molecular weight excluding hydrogens is 408 g/mol. The Kier molecular flexibility index (Phi) is 9.73. The molecular formula is C20H34N4O7. The highest BCUT2D eigenvalue weighted by molar-refractivity contribution is 5.89. The summed E-state index contributed by atoms with van der Waals surface area (Å²) in [6, 6.07) is -2.09. The van der Waals surface area contributed by atoms with E-state index in [4.69, 9.17) is 15.6 Å². The summed E-state index contributed by atoms with van der Waals surface area (Å²) in [7, 11) is 0. The second kappa shape index (κ2) is 11.5. The van der Waals surface area contributed by atoms with Gasteiger partial charge in [-0.25, -0.2) is 9.59 Å². The number of nitrogens with two attached hydrogens (primary N) is 1. The summed E-state index contributed by atoms with van der Waals surface area (Å²) in [4.78, 5) is 58.3. The molecule has 1 aliphatic carbocycles. The van der Waals surface area contributed by atoms with Crippen molar-refractivity contribution in [2.24, 2.45) is 17.6 Å². The minimum atomic E-state index is -1.33. The number of hydrogen-bond donors (Lipinski definition) is 5. The molecule has 0 aromatic rings. The molecule has 176 valence electrons. The lowest BCUT2D eigenvalue weighted by Gasteiger charge is -2.29. The number of carbonyl (C=O) groups is 5. The summed E-state index contributed by atoms with van der Waals surface area (Å²) >= 11 is 0. The summed E-state index contributed by atoms with van der Waals surface area (Å²) in [6.07, 6.45) is 1.32. The fraction of sp³-hybridized carbons (Fsp3) is 0.750. The number of rotatable bonds is 9. The molecule has 4 amide bonds. The van der Waals surface area contributed by atoms with Crippen LogP contribution in [0.5, 0.6) is 0 Å². The zero-order valence-electron chi connectivity index (χ0n) is 18.5. The molecule has 0 aromatic carbocycles. The number of hydrogen-bond acceptors (Lipinski definition) is 6. The molecule has 0 bridgehead atoms. The average molecular weight is 443 g/mol. The lowest BCUT2D eigenvalue weighted by molar-refractivity contribution is -0.144. The molecule has 0 aliphatic heterocycles. The molecule has 6 N–H and O–H groups in total. The van der Waals surface area contributed by atoms with E-state index in [0.717, 1.165) is 0 Å². The normalized spacial score (nSPS) is 20.6. The number of aliphatic carboxylic acids is 1. The number of amides is 4. The standard InChI is InChI=1S/C20H34N4O7/c1-11(23-19(30)31-20(2,3)4)16(26)22-10-12-5-7-13(8-6-12)17(27)24-14(18(28)29)9-15(21)25/h11-14H,5-10H2,1-4H3,(H2,21,25)(H,22,26)(H,23,30)(H,24,27)(H,28,29)/t11-,12?,13?,14+/m1/s1. The zero-order valence-corrected chi connectivity index (χ0v) is 18.5. The summed E-state index contributed by atoms with van der Waals surface area (Å²) in [5, 5.41) is 16.7. The van der Waals surface area contributed by atoms with Crippen LogP contribution in [0.15, 0.2) is 0 Å². The first-order valence-corrected chi connectivity index (χ1v) is 10.4. The van der Waals surface area contributed by atoms with E-state index in [0.29, 0.717) is 32.2 Å². The van der Waals surface area contributed by atoms with Gasteiger partial charge < -0.3 is 31.5 Å². The second-order valence-corrected chi connectivity index (χ2v) is 8.90. The smallest absolute Gasteiger partial charge is 0.408 e. The van der Waals surface area contributed by atoms with E-state index in [9.17, 15) is 24.0 Å². The zero-order chi connectivity index (χ0) is 23.8. The van der Waals surface area contributed by atoms with Gasteiger partial charge in [-0.05, 0) is 59.3 Å². The highest BCUT2D eigenvalue weighted by Crippen LogP contribution is 2.28. The molecule has 11 heteroatoms. The van der Waals surface area contributed by atoms with Crippen LogP contribution in [0.4, 0.5) is 4.79 Å². The van der Waals surface area contributed by atoms with E-state index in [1.54, 1.807) is 27.7 Å². The maximum absolute atomic E-state index is 12.3. The van der Waals surface area contributed by atoms with Gasteiger partial charge in [0, 0.05) is 12.5 Å². The van der Waals surface area contributed by atoms with E-state index in [2.05, 4.69) is 16.0 Å². The molecule has 0 aromatic heterocycles. The monoisotopic (exact) mass is 442 g/mol. The fourth-order valence-corrected chi connectivity index (χ4v) is 3.27. The van der Waals surface area contributed by atoms with Crippen molar-refractivity contribution in [2.45, 2.75) is 77.5 Å². The number of primary amides is 1. The van der Waals surface area contributed by atoms with E-state index in [1.165, 1.54) is 0 Å². The van der Waals surface area contributed by atoms with Gasteiger partial charge in [0.1, 0.15) is 17.7 Å². The van der Waals surface area contributed by atoms with Crippen LogP contribution in [0.1, 0.15) is 59.8 Å². The number of carboxylic acid groups (broad SMARTS) is 1. The molecule has 1 rings (SSSR count). The third-order valence-corrected chi connectivity index (χ3v) is 4.93. The van der Waals surface area contributed by atoms with Crippen LogP contribution in [-0.2, 0) is 23.9 Å². The Morgan fingerprint density at radius 1 is 1.06 bits per heavy atom. The predicted octanol–water partition coefficient (Wildman–Crippen LogP) is 0.267. The number of alkyl carbamates (subject to hydrolysis) is 1. The lowest BCUT2D eigenvalue weighted by Crippen LogP contribution is -2.48. The first kappa shape index (κ1) is 26.2. The Bertz CT molecular complexity index is 682. The molecule has 0 unspecified atom stereocenters. The van der Waals surface area contributed by atoms with Crippen molar-refractivity contribution in [2.75, 3.05) is 6.54 Å². The van der Waals surface area contributed by atoms with Gasteiger partial charge in [0.15, 0.2) is 0 Å². The minimum Gasteiger partial charge on any atom is -0.480 e. The molecule has 0 radical (unpaired) electrons. The summed E-state index contributed by atoms with van der Waals surface area (Å²) in [5.41, 5.74) is 4.36. The molecule has 1 fully saturated rings. The number of carbonyl (C=O) groups excluding carboxylic acids is 4. The van der Waals surface area contributed by atoms with E-state index in [1.807, 2.05) is 0 Å². The molecule has 1 saturated carbocycles. The second-order valence-electron chi connectivity index (χ2n) is 8.90. The van der Waals surface area contributed by atoms with E-state index < -0.39 is 48.0 Å². The molecule has 11 nitrogen and oxygen atoms in total. The summed E-state index contributed by atoms with van der Waals surface area (Å²) in [5.74, 6) is -3.04. The van der Waals surface area contributed by atoms with Gasteiger partial charge in [0.05, 0.1) is 6.42 Å². The van der Waals surface area contributed by atoms with Crippen LogP contribution in [0.25, 0.3) is 0 Å². The topological polar surface area (TPSA) is 177 Å². The van der Waals surface area contributed by atoms with Gasteiger partial charge in [-0.15, -0.1) is 0 Å². The maximum atomic E-state index is 12.3. The molecule has 0 heterocycles. The van der Waals surface area contributed by atoms with E-state index >= 15 is 0 Å². The Morgan fingerprint density at radius 2 is 1.65 bits per heavy atom. The van der Waals surface area contributed by atoms with Crippen molar-refractivity contribution in [1.29, 1.82) is 0 Å². The van der Waals surface area contributed by atoms with Crippen molar-refractivity contribution < 1.29 is 33.8 Å². The quantitative estimate of drug-likeness (QED) is 0.340. The Hall–Kier alpha value is -2.85. The number of nitrogens with one attached hydrogen (secondary N) is 3. The first-order chi connectivity index (χ1) is 14.3. The highest BCUT2D eigenvalue weighted by Gasteiger charge is 2.30. The first-order valence-electron chi connectivity index (χ1n) is 10.4. The van der Waals surface area contributed by atoms with Crippen LogP contribution in [-0.4, -0.2) is 59.1 Å². The van der Waals surface area contributed by atoms with Gasteiger partial charge in [0.25, 0.3) is 0 Å². The number of ether oxygens (including phenoxy) is 1. The van der Waals surface area contributed by atoms with Crippen molar-refractivity contribution in [1.82, 2.24) is 16.0 Å². The third kappa shape index (κ3) is 10.1. The van der Waals surface area contributed by atoms with Gasteiger partial charge in [-0.2, -0.15) is 0 Å². The molecule has 31 heavy (non-hydrogen) atoms. The molecule has 2 atom stereocenters. The van der Waals surface area contributed by atoms with Gasteiger partial charge in [-0.1, -0.05) is 0 Å². The van der Waals surface area contributed by atoms with Gasteiger partial charge in [-0.3, -0.25) is 14.4 Å². The van der Waals surface area contributed by atoms with Gasteiger partial charge >= 0.3 is 12.1 Å². The van der Waals surface area contributed by atoms with Crippen molar-refractivity contribution in [3.8, 4) is 0 Å². The van der Waals surface area contributed by atoms with Crippen LogP contribution in [0, 0.1) is 11.8 Å². The Balaban J connectivity index is 2.38. The summed E-state index contributed by atoms with van der Waals surface area (Å²) < 4.78 is 5.12. The van der Waals surface area contributed by atoms with E-state index in [-0.39, 0.29) is 17.7 Å². The average Bonchev–Trinajstić information content (AvgIpc) is 2.63. The molecule has 1 aliphatic rings. The van der Waals surface area contributed by atoms with Crippen LogP contribution in [0.2, 0.25) is 0 Å². The van der Waals surface area contributed by atoms with Crippen LogP contribution in [0.3, 0.4) is 0 Å². The van der Waals surface area contributed by atoms with Crippen LogP contribution >= 0.6 is 0 Å². The van der Waals surface area contributed by atoms with Crippen molar-refractivity contribution in [3.63, 3.8) is 0 Å². The Labute approximate surface area is 181 Å². The largest absolute Gasteiger partial charge is 0.480 e. The van der Waals surface area contributed by atoms with Crippen molar-refractivity contribution in [3.05, 3.63) is 0 Å². The number of carboxylic acids is 1.